The Labute approximate surface area is 97.0 Å². The molecule has 0 aliphatic heterocycles. The van der Waals surface area contributed by atoms with Gasteiger partial charge in [0, 0.05) is 23.5 Å². The van der Waals surface area contributed by atoms with E-state index in [1.165, 1.54) is 7.11 Å². The molecule has 0 amide bonds. The second kappa shape index (κ2) is 6.20. The molecule has 78 valence electrons. The van der Waals surface area contributed by atoms with Crippen molar-refractivity contribution >= 4 is 21.9 Å². The fourth-order valence-corrected chi connectivity index (χ4v) is 1.13. The van der Waals surface area contributed by atoms with Crippen LogP contribution in [0.5, 0.6) is 0 Å². The van der Waals surface area contributed by atoms with E-state index in [0.29, 0.717) is 0 Å². The van der Waals surface area contributed by atoms with E-state index in [4.69, 9.17) is 0 Å². The summed E-state index contributed by atoms with van der Waals surface area (Å²) in [6.45, 7) is 0. The summed E-state index contributed by atoms with van der Waals surface area (Å²) < 4.78 is 4.56. The summed E-state index contributed by atoms with van der Waals surface area (Å²) in [5, 5.41) is 0.842. The molecular formula is C11H10BrNO2. The molecule has 0 saturated heterocycles. The van der Waals surface area contributed by atoms with E-state index in [2.05, 4.69) is 37.5 Å². The van der Waals surface area contributed by atoms with E-state index >= 15 is 0 Å². The van der Waals surface area contributed by atoms with Crippen LogP contribution in [0.3, 0.4) is 0 Å². The van der Waals surface area contributed by atoms with E-state index in [1.807, 2.05) is 0 Å². The molecular weight excluding hydrogens is 258 g/mol. The van der Waals surface area contributed by atoms with Gasteiger partial charge in [0.2, 0.25) is 0 Å². The quantitative estimate of drug-likeness (QED) is 0.468. The SMILES string of the molecule is COC(=O)c1cc(C#CCCBr)ccn1. The number of alkyl halides is 1. The van der Waals surface area contributed by atoms with Crippen molar-refractivity contribution in [2.24, 2.45) is 0 Å². The van der Waals surface area contributed by atoms with Gasteiger partial charge < -0.3 is 4.74 Å². The Balaban J connectivity index is 2.84. The van der Waals surface area contributed by atoms with E-state index in [0.717, 1.165) is 17.3 Å². The fourth-order valence-electron chi connectivity index (χ4n) is 0.936. The highest BCUT2D eigenvalue weighted by Gasteiger charge is 2.05. The summed E-state index contributed by atoms with van der Waals surface area (Å²) in [7, 11) is 1.33. The van der Waals surface area contributed by atoms with Gasteiger partial charge in [-0.2, -0.15) is 0 Å². The second-order valence-electron chi connectivity index (χ2n) is 2.66. The molecule has 0 aliphatic rings. The van der Waals surface area contributed by atoms with Gasteiger partial charge >= 0.3 is 5.97 Å². The summed E-state index contributed by atoms with van der Waals surface area (Å²) in [6, 6.07) is 3.38. The molecule has 3 nitrogen and oxygen atoms in total. The first kappa shape index (κ1) is 11.7. The Hall–Kier alpha value is -1.34. The lowest BCUT2D eigenvalue weighted by Gasteiger charge is -1.97. The van der Waals surface area contributed by atoms with Gasteiger partial charge in [0.25, 0.3) is 0 Å². The number of aromatic nitrogens is 1. The smallest absolute Gasteiger partial charge is 0.356 e. The van der Waals surface area contributed by atoms with Gasteiger partial charge in [0.15, 0.2) is 0 Å². The van der Waals surface area contributed by atoms with Gasteiger partial charge in [0.05, 0.1) is 7.11 Å². The lowest BCUT2D eigenvalue weighted by molar-refractivity contribution is 0.0594. The molecule has 0 spiro atoms. The predicted octanol–water partition coefficient (Wildman–Crippen LogP) is 2.00. The van der Waals surface area contributed by atoms with Gasteiger partial charge in [-0.1, -0.05) is 27.8 Å². The van der Waals surface area contributed by atoms with Crippen LogP contribution >= 0.6 is 15.9 Å². The molecule has 1 heterocycles. The zero-order valence-corrected chi connectivity index (χ0v) is 9.87. The van der Waals surface area contributed by atoms with Gasteiger partial charge in [-0.15, -0.1) is 0 Å². The average molecular weight is 268 g/mol. The molecule has 0 fully saturated rings. The molecule has 0 aliphatic carbocycles. The van der Waals surface area contributed by atoms with Crippen LogP contribution in [-0.2, 0) is 4.74 Å². The average Bonchev–Trinajstić information content (AvgIpc) is 2.29. The number of carbonyl (C=O) groups excluding carboxylic acids is 1. The molecule has 15 heavy (non-hydrogen) atoms. The van der Waals surface area contributed by atoms with Gasteiger partial charge in [-0.3, -0.25) is 0 Å². The van der Waals surface area contributed by atoms with E-state index in [-0.39, 0.29) is 5.69 Å². The summed E-state index contributed by atoms with van der Waals surface area (Å²) in [6.07, 6.45) is 2.32. The Kier molecular flexibility index (Phi) is 4.85. The van der Waals surface area contributed by atoms with Crippen molar-refractivity contribution in [3.8, 4) is 11.8 Å². The normalized spacial score (nSPS) is 8.93. The van der Waals surface area contributed by atoms with E-state index < -0.39 is 5.97 Å². The largest absolute Gasteiger partial charge is 0.464 e. The van der Waals surface area contributed by atoms with Crippen LogP contribution in [-0.4, -0.2) is 23.4 Å². The zero-order valence-electron chi connectivity index (χ0n) is 8.29. The third-order valence-corrected chi connectivity index (χ3v) is 2.00. The number of carbonyl (C=O) groups is 1. The van der Waals surface area contributed by atoms with Crippen LogP contribution in [0.1, 0.15) is 22.5 Å². The third kappa shape index (κ3) is 3.72. The zero-order chi connectivity index (χ0) is 11.1. The molecule has 0 bridgehead atoms. The van der Waals surface area contributed by atoms with Crippen LogP contribution in [0, 0.1) is 11.8 Å². The maximum absolute atomic E-state index is 11.2. The van der Waals surface area contributed by atoms with Crippen molar-refractivity contribution in [2.45, 2.75) is 6.42 Å². The molecule has 0 atom stereocenters. The molecule has 4 heteroatoms. The van der Waals surface area contributed by atoms with Gasteiger partial charge in [-0.05, 0) is 12.1 Å². The number of pyridine rings is 1. The Morgan fingerprint density at radius 2 is 2.47 bits per heavy atom. The van der Waals surface area contributed by atoms with Crippen molar-refractivity contribution in [1.29, 1.82) is 0 Å². The van der Waals surface area contributed by atoms with Crippen LogP contribution in [0.2, 0.25) is 0 Å². The number of methoxy groups -OCH3 is 1. The lowest BCUT2D eigenvalue weighted by atomic mass is 10.2. The standard InChI is InChI=1S/C11H10BrNO2/c1-15-11(14)10-8-9(5-7-13-10)4-2-3-6-12/h5,7-8H,3,6H2,1H3. The van der Waals surface area contributed by atoms with E-state index in [1.54, 1.807) is 18.3 Å². The number of rotatable bonds is 2. The monoisotopic (exact) mass is 267 g/mol. The summed E-state index contributed by atoms with van der Waals surface area (Å²) >= 11 is 3.28. The minimum Gasteiger partial charge on any atom is -0.464 e. The fraction of sp³-hybridized carbons (Fsp3) is 0.273. The summed E-state index contributed by atoms with van der Waals surface area (Å²) in [5.41, 5.74) is 1.05. The van der Waals surface area contributed by atoms with Crippen LogP contribution in [0.4, 0.5) is 0 Å². The van der Waals surface area contributed by atoms with Crippen molar-refractivity contribution in [1.82, 2.24) is 4.98 Å². The minimum absolute atomic E-state index is 0.281. The van der Waals surface area contributed by atoms with Crippen LogP contribution < -0.4 is 0 Å². The van der Waals surface area contributed by atoms with Gasteiger partial charge in [-0.25, -0.2) is 9.78 Å². The first-order chi connectivity index (χ1) is 7.27. The maximum atomic E-state index is 11.2. The number of esters is 1. The highest BCUT2D eigenvalue weighted by Crippen LogP contribution is 2.01. The molecule has 0 radical (unpaired) electrons. The van der Waals surface area contributed by atoms with E-state index in [9.17, 15) is 4.79 Å². The number of halogens is 1. The topological polar surface area (TPSA) is 39.2 Å². The molecule has 1 rings (SSSR count). The lowest BCUT2D eigenvalue weighted by Crippen LogP contribution is -2.03. The summed E-state index contributed by atoms with van der Waals surface area (Å²) in [5.74, 6) is 5.45. The van der Waals surface area contributed by atoms with Crippen molar-refractivity contribution < 1.29 is 9.53 Å². The van der Waals surface area contributed by atoms with Crippen LogP contribution in [0.15, 0.2) is 18.3 Å². The molecule has 0 N–H and O–H groups in total. The number of nitrogens with zero attached hydrogens (tertiary/aromatic N) is 1. The Morgan fingerprint density at radius 1 is 1.67 bits per heavy atom. The van der Waals surface area contributed by atoms with Crippen molar-refractivity contribution in [2.75, 3.05) is 12.4 Å². The maximum Gasteiger partial charge on any atom is 0.356 e. The molecule has 0 unspecified atom stereocenters. The van der Waals surface area contributed by atoms with Crippen molar-refractivity contribution in [3.05, 3.63) is 29.6 Å². The third-order valence-electron chi connectivity index (χ3n) is 1.61. The number of hydrogen-bond donors (Lipinski definition) is 0. The molecule has 1 aromatic rings. The molecule has 1 aromatic heterocycles. The first-order valence-corrected chi connectivity index (χ1v) is 5.49. The Morgan fingerprint density at radius 3 is 3.13 bits per heavy atom. The Bertz CT molecular complexity index is 407. The molecule has 0 saturated carbocycles. The first-order valence-electron chi connectivity index (χ1n) is 4.37. The van der Waals surface area contributed by atoms with Crippen molar-refractivity contribution in [3.63, 3.8) is 0 Å². The highest BCUT2D eigenvalue weighted by molar-refractivity contribution is 9.09. The predicted molar refractivity (Wildman–Crippen MR) is 60.9 cm³/mol. The van der Waals surface area contributed by atoms with Crippen LogP contribution in [0.25, 0.3) is 0 Å². The summed E-state index contributed by atoms with van der Waals surface area (Å²) in [4.78, 5) is 15.0. The number of ether oxygens (including phenoxy) is 1. The number of hydrogen-bond acceptors (Lipinski definition) is 3. The molecule has 0 aromatic carbocycles. The highest BCUT2D eigenvalue weighted by atomic mass is 79.9. The second-order valence-corrected chi connectivity index (χ2v) is 3.46. The van der Waals surface area contributed by atoms with Gasteiger partial charge in [0.1, 0.15) is 5.69 Å². The minimum atomic E-state index is -0.445.